The van der Waals surface area contributed by atoms with Crippen molar-refractivity contribution in [1.29, 1.82) is 0 Å². The summed E-state index contributed by atoms with van der Waals surface area (Å²) in [5, 5.41) is 2.97. The molecule has 132 valence electrons. The van der Waals surface area contributed by atoms with Gasteiger partial charge in [-0.25, -0.2) is 4.98 Å². The summed E-state index contributed by atoms with van der Waals surface area (Å²) >= 11 is 3.38. The summed E-state index contributed by atoms with van der Waals surface area (Å²) in [6.07, 6.45) is 4.07. The summed E-state index contributed by atoms with van der Waals surface area (Å²) in [4.78, 5) is 18.8. The maximum absolute atomic E-state index is 12.2. The Bertz CT molecular complexity index is 714. The van der Waals surface area contributed by atoms with Gasteiger partial charge in [0, 0.05) is 35.4 Å². The van der Waals surface area contributed by atoms with E-state index in [-0.39, 0.29) is 5.91 Å². The molecular formula is C19H22BrN3O2. The molecule has 0 radical (unpaired) electrons. The van der Waals surface area contributed by atoms with E-state index in [0.29, 0.717) is 35.8 Å². The minimum atomic E-state index is -0.112. The van der Waals surface area contributed by atoms with Gasteiger partial charge in [-0.2, -0.15) is 0 Å². The zero-order valence-corrected chi connectivity index (χ0v) is 16.0. The molecule has 1 atom stereocenters. The molecule has 1 saturated carbocycles. The van der Waals surface area contributed by atoms with Gasteiger partial charge in [0.05, 0.1) is 5.56 Å². The third-order valence-corrected chi connectivity index (χ3v) is 4.94. The van der Waals surface area contributed by atoms with E-state index in [9.17, 15) is 4.79 Å². The van der Waals surface area contributed by atoms with Crippen molar-refractivity contribution in [3.05, 3.63) is 52.6 Å². The molecule has 1 heterocycles. The molecule has 3 rings (SSSR count). The smallest absolute Gasteiger partial charge is 0.252 e. The number of pyridine rings is 1. The molecule has 5 nitrogen and oxygen atoms in total. The molecule has 2 aromatic rings. The van der Waals surface area contributed by atoms with Gasteiger partial charge in [-0.05, 0) is 57.1 Å². The Morgan fingerprint density at radius 3 is 2.64 bits per heavy atom. The maximum atomic E-state index is 12.2. The number of aromatic nitrogens is 1. The maximum Gasteiger partial charge on any atom is 0.252 e. The lowest BCUT2D eigenvalue weighted by Crippen LogP contribution is -2.41. The van der Waals surface area contributed by atoms with Crippen LogP contribution in [0.15, 0.2) is 47.1 Å². The van der Waals surface area contributed by atoms with Gasteiger partial charge < -0.3 is 10.1 Å². The summed E-state index contributed by atoms with van der Waals surface area (Å²) < 4.78 is 6.65. The second-order valence-corrected chi connectivity index (χ2v) is 7.31. The Balaban J connectivity index is 1.52. The number of ether oxygens (including phenoxy) is 1. The number of benzene rings is 1. The second kappa shape index (κ2) is 7.97. The fraction of sp³-hybridized carbons (Fsp3) is 0.368. The van der Waals surface area contributed by atoms with E-state index in [1.807, 2.05) is 24.3 Å². The molecule has 1 aromatic carbocycles. The van der Waals surface area contributed by atoms with Crippen LogP contribution in [0.1, 0.15) is 30.1 Å². The van der Waals surface area contributed by atoms with Crippen LogP contribution in [-0.4, -0.2) is 41.5 Å². The number of rotatable bonds is 7. The van der Waals surface area contributed by atoms with E-state index in [1.54, 1.807) is 18.3 Å². The van der Waals surface area contributed by atoms with Crippen molar-refractivity contribution >= 4 is 21.8 Å². The first-order valence-electron chi connectivity index (χ1n) is 8.42. The summed E-state index contributed by atoms with van der Waals surface area (Å²) in [7, 11) is 2.12. The van der Waals surface area contributed by atoms with E-state index in [4.69, 9.17) is 4.74 Å². The molecule has 0 bridgehead atoms. The van der Waals surface area contributed by atoms with E-state index < -0.39 is 0 Å². The molecule has 0 spiro atoms. The number of nitrogens with one attached hydrogen (secondary N) is 1. The first-order valence-corrected chi connectivity index (χ1v) is 9.22. The van der Waals surface area contributed by atoms with Crippen LogP contribution in [0, 0.1) is 0 Å². The average molecular weight is 404 g/mol. The highest BCUT2D eigenvalue weighted by Gasteiger charge is 2.29. The number of carbonyl (C=O) groups is 1. The SMILES string of the molecule is CC(CNC(=O)c1ccc(Oc2ccc(Br)cc2)nc1)N(C)C1CC1. The highest BCUT2D eigenvalue weighted by Crippen LogP contribution is 2.26. The van der Waals surface area contributed by atoms with Crippen LogP contribution in [-0.2, 0) is 0 Å². The van der Waals surface area contributed by atoms with Crippen LogP contribution in [0.5, 0.6) is 11.6 Å². The van der Waals surface area contributed by atoms with Crippen molar-refractivity contribution in [3.8, 4) is 11.6 Å². The second-order valence-electron chi connectivity index (χ2n) is 6.40. The van der Waals surface area contributed by atoms with Gasteiger partial charge in [-0.15, -0.1) is 0 Å². The van der Waals surface area contributed by atoms with Crippen molar-refractivity contribution in [1.82, 2.24) is 15.2 Å². The number of carbonyl (C=O) groups excluding carboxylic acids is 1. The summed E-state index contributed by atoms with van der Waals surface area (Å²) in [6, 6.07) is 11.9. The molecule has 1 N–H and O–H groups in total. The predicted octanol–water partition coefficient (Wildman–Crippen LogP) is 3.85. The summed E-state index contributed by atoms with van der Waals surface area (Å²) in [6.45, 7) is 2.76. The van der Waals surface area contributed by atoms with Crippen molar-refractivity contribution in [2.45, 2.75) is 31.8 Å². The fourth-order valence-electron chi connectivity index (χ4n) is 2.53. The van der Waals surface area contributed by atoms with Gasteiger partial charge in [0.2, 0.25) is 5.88 Å². The number of halogens is 1. The molecule has 0 aliphatic heterocycles. The largest absolute Gasteiger partial charge is 0.439 e. The molecule has 1 fully saturated rings. The molecule has 1 amide bonds. The number of likely N-dealkylation sites (N-methyl/N-ethyl adjacent to an activating group) is 1. The van der Waals surface area contributed by atoms with Crippen molar-refractivity contribution in [3.63, 3.8) is 0 Å². The van der Waals surface area contributed by atoms with Crippen molar-refractivity contribution in [2.24, 2.45) is 0 Å². The highest BCUT2D eigenvalue weighted by molar-refractivity contribution is 9.10. The Kier molecular flexibility index (Phi) is 5.71. The van der Waals surface area contributed by atoms with Gasteiger partial charge in [0.15, 0.2) is 0 Å². The van der Waals surface area contributed by atoms with Crippen molar-refractivity contribution < 1.29 is 9.53 Å². The molecule has 1 aliphatic carbocycles. The van der Waals surface area contributed by atoms with Crippen LogP contribution in [0.4, 0.5) is 0 Å². The van der Waals surface area contributed by atoms with Gasteiger partial charge in [-0.1, -0.05) is 15.9 Å². The lowest BCUT2D eigenvalue weighted by atomic mass is 10.2. The zero-order valence-electron chi connectivity index (χ0n) is 14.4. The topological polar surface area (TPSA) is 54.5 Å². The molecule has 1 unspecified atom stereocenters. The van der Waals surface area contributed by atoms with Gasteiger partial charge >= 0.3 is 0 Å². The van der Waals surface area contributed by atoms with Gasteiger partial charge in [0.25, 0.3) is 5.91 Å². The van der Waals surface area contributed by atoms with Crippen LogP contribution >= 0.6 is 15.9 Å². The molecular weight excluding hydrogens is 382 g/mol. The van der Waals surface area contributed by atoms with Gasteiger partial charge in [0.1, 0.15) is 5.75 Å². The molecule has 0 saturated heterocycles. The van der Waals surface area contributed by atoms with Crippen molar-refractivity contribution in [2.75, 3.05) is 13.6 Å². The number of amides is 1. The van der Waals surface area contributed by atoms with E-state index in [1.165, 1.54) is 12.8 Å². The third-order valence-electron chi connectivity index (χ3n) is 4.41. The first-order chi connectivity index (χ1) is 12.0. The Hall–Kier alpha value is -1.92. The number of hydrogen-bond donors (Lipinski definition) is 1. The minimum Gasteiger partial charge on any atom is -0.439 e. The average Bonchev–Trinajstić information content (AvgIpc) is 3.46. The number of hydrogen-bond acceptors (Lipinski definition) is 4. The zero-order chi connectivity index (χ0) is 17.8. The van der Waals surface area contributed by atoms with E-state index >= 15 is 0 Å². The quantitative estimate of drug-likeness (QED) is 0.762. The lowest BCUT2D eigenvalue weighted by Gasteiger charge is -2.24. The molecule has 1 aliphatic rings. The molecule has 1 aromatic heterocycles. The van der Waals surface area contributed by atoms with E-state index in [2.05, 4.69) is 45.1 Å². The highest BCUT2D eigenvalue weighted by atomic mass is 79.9. The normalized spacial score (nSPS) is 15.0. The van der Waals surface area contributed by atoms with Crippen LogP contribution < -0.4 is 10.1 Å². The standard InChI is InChI=1S/C19H22BrN3O2/c1-13(23(2)16-6-7-16)11-22-19(24)14-3-10-18(21-12-14)25-17-8-4-15(20)5-9-17/h3-5,8-10,12-13,16H,6-7,11H2,1-2H3,(H,22,24). The molecule has 6 heteroatoms. The van der Waals surface area contributed by atoms with Crippen LogP contribution in [0.2, 0.25) is 0 Å². The monoisotopic (exact) mass is 403 g/mol. The first kappa shape index (κ1) is 17.9. The Morgan fingerprint density at radius 1 is 1.32 bits per heavy atom. The Labute approximate surface area is 156 Å². The molecule has 25 heavy (non-hydrogen) atoms. The van der Waals surface area contributed by atoms with Crippen LogP contribution in [0.3, 0.4) is 0 Å². The predicted molar refractivity (Wildman–Crippen MR) is 101 cm³/mol. The lowest BCUT2D eigenvalue weighted by molar-refractivity contribution is 0.0939. The minimum absolute atomic E-state index is 0.112. The van der Waals surface area contributed by atoms with Gasteiger partial charge in [-0.3, -0.25) is 9.69 Å². The number of nitrogens with zero attached hydrogens (tertiary/aromatic N) is 2. The van der Waals surface area contributed by atoms with E-state index in [0.717, 1.165) is 4.47 Å². The Morgan fingerprint density at radius 2 is 2.04 bits per heavy atom. The third kappa shape index (κ3) is 5.03. The summed E-state index contributed by atoms with van der Waals surface area (Å²) in [5.41, 5.74) is 0.532. The van der Waals surface area contributed by atoms with Crippen LogP contribution in [0.25, 0.3) is 0 Å². The summed E-state index contributed by atoms with van der Waals surface area (Å²) in [5.74, 6) is 1.05. The fourth-order valence-corrected chi connectivity index (χ4v) is 2.79.